The minimum absolute atomic E-state index is 0.0640. The Kier molecular flexibility index (Phi) is 4.62. The van der Waals surface area contributed by atoms with Gasteiger partial charge in [0.15, 0.2) is 17.7 Å². The predicted octanol–water partition coefficient (Wildman–Crippen LogP) is 2.03. The molecular weight excluding hydrogens is 457 g/mol. The minimum Gasteiger partial charge on any atom is -0.618 e. The van der Waals surface area contributed by atoms with Gasteiger partial charge in [0, 0.05) is 28.8 Å². The largest absolute Gasteiger partial charge is 0.618 e. The first-order valence-electron chi connectivity index (χ1n) is 7.45. The lowest BCUT2D eigenvalue weighted by atomic mass is 10.1. The third-order valence-corrected chi connectivity index (χ3v) is 5.89. The van der Waals surface area contributed by atoms with Crippen LogP contribution >= 0.6 is 34.2 Å². The van der Waals surface area contributed by atoms with E-state index in [1.807, 2.05) is 32.8 Å². The molecule has 3 rings (SSSR count). The van der Waals surface area contributed by atoms with Gasteiger partial charge in [0.25, 0.3) is 0 Å². The molecule has 3 aromatic rings. The van der Waals surface area contributed by atoms with Crippen LogP contribution in [0, 0.1) is 22.6 Å². The van der Waals surface area contributed by atoms with Crippen LogP contribution in [-0.2, 0) is 6.54 Å². The summed E-state index contributed by atoms with van der Waals surface area (Å²) in [5.41, 5.74) is 8.69. The molecule has 0 aromatic carbocycles. The quantitative estimate of drug-likeness (QED) is 0.270. The first-order chi connectivity index (χ1) is 11.7. The third kappa shape index (κ3) is 3.06. The summed E-state index contributed by atoms with van der Waals surface area (Å²) in [5, 5.41) is 17.8. The van der Waals surface area contributed by atoms with Crippen molar-refractivity contribution in [2.75, 3.05) is 24.7 Å². The Morgan fingerprint density at radius 1 is 1.36 bits per heavy atom. The first kappa shape index (κ1) is 17.9. The molecule has 8 nitrogen and oxygen atoms in total. The fourth-order valence-electron chi connectivity index (χ4n) is 2.68. The molecule has 0 saturated heterocycles. The number of nitrogens with zero attached hydrogens (tertiary/aromatic N) is 6. The number of halogens is 2. The van der Waals surface area contributed by atoms with Crippen LogP contribution in [0.4, 0.5) is 11.8 Å². The van der Waals surface area contributed by atoms with Gasteiger partial charge in [0.05, 0.1) is 0 Å². The van der Waals surface area contributed by atoms with E-state index in [0.29, 0.717) is 22.5 Å². The second-order valence-corrected chi connectivity index (χ2v) is 7.41. The van der Waals surface area contributed by atoms with Crippen LogP contribution in [-0.4, -0.2) is 33.8 Å². The Morgan fingerprint density at radius 2 is 2.04 bits per heavy atom. The van der Waals surface area contributed by atoms with E-state index < -0.39 is 0 Å². The zero-order chi connectivity index (χ0) is 18.5. The van der Waals surface area contributed by atoms with Gasteiger partial charge >= 0.3 is 0 Å². The minimum atomic E-state index is 0.0640. The van der Waals surface area contributed by atoms with E-state index >= 15 is 0 Å². The number of fused-ring (bicyclic) bond motifs is 1. The Morgan fingerprint density at radius 3 is 2.68 bits per heavy atom. The van der Waals surface area contributed by atoms with Gasteiger partial charge in [-0.3, -0.25) is 0 Å². The van der Waals surface area contributed by atoms with Crippen molar-refractivity contribution in [2.24, 2.45) is 0 Å². The van der Waals surface area contributed by atoms with Crippen molar-refractivity contribution in [2.45, 2.75) is 20.4 Å². The number of anilines is 2. The molecule has 132 valence electrons. The predicted molar refractivity (Wildman–Crippen MR) is 106 cm³/mol. The van der Waals surface area contributed by atoms with Crippen LogP contribution in [0.5, 0.6) is 0 Å². The van der Waals surface area contributed by atoms with E-state index in [9.17, 15) is 5.21 Å². The topological polar surface area (TPSA) is 99.8 Å². The number of aromatic nitrogens is 5. The summed E-state index contributed by atoms with van der Waals surface area (Å²) in [7, 11) is 3.71. The summed E-state index contributed by atoms with van der Waals surface area (Å²) in [5.74, 6) is 0.686. The number of aryl methyl sites for hydroxylation is 1. The molecule has 0 spiro atoms. The highest BCUT2D eigenvalue weighted by Crippen LogP contribution is 2.30. The monoisotopic (exact) mass is 473 g/mol. The number of nitrogen functional groups attached to an aromatic ring is 1. The van der Waals surface area contributed by atoms with Crippen LogP contribution in [0.2, 0.25) is 5.15 Å². The highest BCUT2D eigenvalue weighted by atomic mass is 127. The molecule has 0 unspecified atom stereocenters. The molecule has 0 fully saturated rings. The molecule has 25 heavy (non-hydrogen) atoms. The van der Waals surface area contributed by atoms with Crippen molar-refractivity contribution in [1.82, 2.24) is 19.7 Å². The van der Waals surface area contributed by atoms with E-state index in [1.54, 1.807) is 10.9 Å². The molecule has 0 amide bonds. The molecule has 0 aliphatic carbocycles. The van der Waals surface area contributed by atoms with Gasteiger partial charge in [-0.05, 0) is 36.4 Å². The van der Waals surface area contributed by atoms with E-state index in [1.165, 1.54) is 0 Å². The third-order valence-electron chi connectivity index (χ3n) is 3.95. The maximum absolute atomic E-state index is 12.4. The Bertz CT molecular complexity index is 986. The molecule has 0 aliphatic rings. The van der Waals surface area contributed by atoms with Crippen LogP contribution < -0.4 is 15.4 Å². The van der Waals surface area contributed by atoms with E-state index in [2.05, 4.69) is 37.7 Å². The summed E-state index contributed by atoms with van der Waals surface area (Å²) in [6.07, 6.45) is 1.57. The smallest absolute Gasteiger partial charge is 0.223 e. The van der Waals surface area contributed by atoms with E-state index in [-0.39, 0.29) is 17.6 Å². The molecule has 0 aliphatic heterocycles. The van der Waals surface area contributed by atoms with Crippen molar-refractivity contribution in [1.29, 1.82) is 0 Å². The van der Waals surface area contributed by atoms with Crippen LogP contribution in [0.25, 0.3) is 11.0 Å². The summed E-state index contributed by atoms with van der Waals surface area (Å²) in [6, 6.07) is 0. The Labute approximate surface area is 163 Å². The van der Waals surface area contributed by atoms with Crippen LogP contribution in [0.3, 0.4) is 0 Å². The average molecular weight is 474 g/mol. The summed E-state index contributed by atoms with van der Waals surface area (Å²) < 4.78 is 3.56. The van der Waals surface area contributed by atoms with Gasteiger partial charge in [0.2, 0.25) is 11.6 Å². The average Bonchev–Trinajstić information content (AvgIpc) is 2.88. The maximum atomic E-state index is 12.4. The van der Waals surface area contributed by atoms with E-state index in [0.717, 1.165) is 19.4 Å². The van der Waals surface area contributed by atoms with Gasteiger partial charge in [-0.2, -0.15) is 14.8 Å². The highest BCUT2D eigenvalue weighted by Gasteiger charge is 2.22. The van der Waals surface area contributed by atoms with Gasteiger partial charge in [-0.25, -0.2) is 9.67 Å². The maximum Gasteiger partial charge on any atom is 0.223 e. The molecule has 0 saturated carbocycles. The molecule has 0 radical (unpaired) electrons. The summed E-state index contributed by atoms with van der Waals surface area (Å²) in [6.45, 7) is 4.09. The van der Waals surface area contributed by atoms with Crippen molar-refractivity contribution < 1.29 is 4.73 Å². The highest BCUT2D eigenvalue weighted by molar-refractivity contribution is 14.1. The lowest BCUT2D eigenvalue weighted by Gasteiger charge is -2.11. The molecule has 0 bridgehead atoms. The number of rotatable bonds is 3. The number of nitrogens with two attached hydrogens (primary N) is 1. The van der Waals surface area contributed by atoms with E-state index in [4.69, 9.17) is 17.3 Å². The van der Waals surface area contributed by atoms with Crippen molar-refractivity contribution in [3.05, 3.63) is 36.9 Å². The fraction of sp³-hybridized carbons (Fsp3) is 0.333. The second kappa shape index (κ2) is 6.45. The molecule has 0 atom stereocenters. The van der Waals surface area contributed by atoms with Gasteiger partial charge in [0.1, 0.15) is 17.1 Å². The number of hydrogen-bond acceptors (Lipinski definition) is 6. The molecular formula is C15H17ClIN7O. The fourth-order valence-corrected chi connectivity index (χ4v) is 3.39. The zero-order valence-corrected chi connectivity index (χ0v) is 17.1. The van der Waals surface area contributed by atoms with Gasteiger partial charge in [-0.1, -0.05) is 11.6 Å². The molecule has 3 aromatic heterocycles. The first-order valence-corrected chi connectivity index (χ1v) is 8.91. The lowest BCUT2D eigenvalue weighted by Crippen LogP contribution is -2.35. The standard InChI is InChI=1S/C15H17ClIN7O/c1-7-5-24(25)9(8(2)11(7)17)6-23-13-10(14(21-23)22(3)4)12(16)19-15(18)20-13/h5H,6H2,1-4H3,(H2,18,19,20). The second-order valence-electron chi connectivity index (χ2n) is 5.97. The van der Waals surface area contributed by atoms with Crippen molar-refractivity contribution in [3.63, 3.8) is 0 Å². The van der Waals surface area contributed by atoms with Crippen molar-refractivity contribution >= 4 is 57.0 Å². The molecule has 3 heterocycles. The Balaban J connectivity index is 2.23. The number of hydrogen-bond donors (Lipinski definition) is 1. The molecule has 10 heteroatoms. The lowest BCUT2D eigenvalue weighted by molar-refractivity contribution is -0.615. The summed E-state index contributed by atoms with van der Waals surface area (Å²) >= 11 is 8.50. The molecule has 2 N–H and O–H groups in total. The normalized spacial score (nSPS) is 11.3. The van der Waals surface area contributed by atoms with Gasteiger partial charge in [-0.15, -0.1) is 0 Å². The van der Waals surface area contributed by atoms with Gasteiger partial charge < -0.3 is 15.8 Å². The van der Waals surface area contributed by atoms with Crippen LogP contribution in [0.15, 0.2) is 6.20 Å². The van der Waals surface area contributed by atoms with Crippen molar-refractivity contribution in [3.8, 4) is 0 Å². The Hall–Kier alpha value is -1.88. The van der Waals surface area contributed by atoms with Crippen LogP contribution in [0.1, 0.15) is 16.8 Å². The zero-order valence-electron chi connectivity index (χ0n) is 14.2. The summed E-state index contributed by atoms with van der Waals surface area (Å²) in [4.78, 5) is 10.1. The number of pyridine rings is 1. The SMILES string of the molecule is Cc1c[n+]([O-])c(Cn2nc(N(C)C)c3c(Cl)nc(N)nc32)c(C)c1I.